The maximum absolute atomic E-state index is 13.0. The molecule has 2 N–H and O–H groups in total. The molecule has 2 heterocycles. The van der Waals surface area contributed by atoms with Crippen LogP contribution in [-0.2, 0) is 0 Å². The summed E-state index contributed by atoms with van der Waals surface area (Å²) >= 11 is 0. The average Bonchev–Trinajstić information content (AvgIpc) is 3.31. The van der Waals surface area contributed by atoms with Crippen molar-refractivity contribution in [2.75, 3.05) is 5.32 Å². The van der Waals surface area contributed by atoms with Crippen molar-refractivity contribution in [1.82, 2.24) is 14.7 Å². The van der Waals surface area contributed by atoms with E-state index in [1.807, 2.05) is 0 Å². The minimum absolute atomic E-state index is 0.150. The lowest BCUT2D eigenvalue weighted by molar-refractivity contribution is 0.0926. The third-order valence-corrected chi connectivity index (χ3v) is 4.76. The number of amides is 2. The lowest BCUT2D eigenvalue weighted by Gasteiger charge is -2.10. The summed E-state index contributed by atoms with van der Waals surface area (Å²) in [5, 5.41) is 5.69. The molecule has 1 saturated carbocycles. The predicted octanol–water partition coefficient (Wildman–Crippen LogP) is 3.40. The number of rotatable bonds is 4. The molecule has 1 aliphatic rings. The fourth-order valence-electron chi connectivity index (χ4n) is 3.41. The zero-order valence-corrected chi connectivity index (χ0v) is 14.6. The summed E-state index contributed by atoms with van der Waals surface area (Å²) in [5.74, 6) is -0.942. The van der Waals surface area contributed by atoms with Crippen molar-refractivity contribution >= 4 is 23.0 Å². The molecule has 2 aromatic heterocycles. The Hall–Kier alpha value is -3.22. The number of hydrogen-bond acceptors (Lipinski definition) is 3. The van der Waals surface area contributed by atoms with Crippen molar-refractivity contribution < 1.29 is 14.0 Å². The molecular weight excluding hydrogens is 347 g/mol. The Morgan fingerprint density at radius 3 is 2.52 bits per heavy atom. The minimum atomic E-state index is -0.453. The summed E-state index contributed by atoms with van der Waals surface area (Å²) in [6.45, 7) is 0. The van der Waals surface area contributed by atoms with Gasteiger partial charge in [0.2, 0.25) is 5.82 Å². The Morgan fingerprint density at radius 2 is 1.78 bits per heavy atom. The zero-order chi connectivity index (χ0) is 18.8. The van der Waals surface area contributed by atoms with Crippen LogP contribution in [0.4, 0.5) is 10.1 Å². The molecule has 0 aliphatic heterocycles. The summed E-state index contributed by atoms with van der Waals surface area (Å²) in [4.78, 5) is 29.7. The van der Waals surface area contributed by atoms with Crippen LogP contribution in [-0.4, -0.2) is 27.2 Å². The highest BCUT2D eigenvalue weighted by Gasteiger charge is 2.24. The maximum Gasteiger partial charge on any atom is 0.287 e. The number of nitrogens with one attached hydrogen (secondary N) is 2. The molecule has 4 rings (SSSR count). The van der Waals surface area contributed by atoms with Crippen molar-refractivity contribution in [3.05, 3.63) is 66.0 Å². The standard InChI is InChI=1S/C20H19FN4O2/c21-13-8-10-15(11-9-13)22-19(26)17-16-7-3-4-12-25(16)18(24-17)20(27)23-14-5-1-2-6-14/h3-4,7-12,14H,1-2,5-6H2,(H,22,26)(H,23,27). The Bertz CT molecular complexity index is 991. The van der Waals surface area contributed by atoms with E-state index in [9.17, 15) is 14.0 Å². The second-order valence-electron chi connectivity index (χ2n) is 6.66. The van der Waals surface area contributed by atoms with Gasteiger partial charge < -0.3 is 10.6 Å². The number of carbonyl (C=O) groups is 2. The Kier molecular flexibility index (Phi) is 4.58. The number of aromatic nitrogens is 2. The summed E-state index contributed by atoms with van der Waals surface area (Å²) in [6, 6.07) is 10.9. The van der Waals surface area contributed by atoms with E-state index in [1.54, 1.807) is 28.8 Å². The Morgan fingerprint density at radius 1 is 1.04 bits per heavy atom. The first-order valence-corrected chi connectivity index (χ1v) is 8.97. The second kappa shape index (κ2) is 7.19. The molecule has 0 radical (unpaired) electrons. The first-order chi connectivity index (χ1) is 13.1. The van der Waals surface area contributed by atoms with Gasteiger partial charge in [-0.15, -0.1) is 0 Å². The van der Waals surface area contributed by atoms with Crippen molar-refractivity contribution in [2.45, 2.75) is 31.7 Å². The molecule has 0 spiro atoms. The van der Waals surface area contributed by atoms with Gasteiger partial charge in [0.15, 0.2) is 5.69 Å². The van der Waals surface area contributed by atoms with Gasteiger partial charge in [-0.3, -0.25) is 14.0 Å². The third-order valence-electron chi connectivity index (χ3n) is 4.76. The largest absolute Gasteiger partial charge is 0.347 e. The number of halogens is 1. The van der Waals surface area contributed by atoms with Crippen LogP contribution in [0.15, 0.2) is 48.7 Å². The minimum Gasteiger partial charge on any atom is -0.347 e. The fourth-order valence-corrected chi connectivity index (χ4v) is 3.41. The molecule has 1 aliphatic carbocycles. The average molecular weight is 366 g/mol. The van der Waals surface area contributed by atoms with Crippen molar-refractivity contribution in [1.29, 1.82) is 0 Å². The van der Waals surface area contributed by atoms with E-state index in [1.165, 1.54) is 24.3 Å². The van der Waals surface area contributed by atoms with E-state index in [4.69, 9.17) is 0 Å². The van der Waals surface area contributed by atoms with Crippen LogP contribution in [0.25, 0.3) is 5.52 Å². The Labute approximate surface area is 155 Å². The molecule has 1 fully saturated rings. The molecule has 0 saturated heterocycles. The van der Waals surface area contributed by atoms with Gasteiger partial charge in [-0.05, 0) is 49.2 Å². The first kappa shape index (κ1) is 17.2. The summed E-state index contributed by atoms with van der Waals surface area (Å²) in [5.41, 5.74) is 1.14. The van der Waals surface area contributed by atoms with Gasteiger partial charge in [0.25, 0.3) is 11.8 Å². The fraction of sp³-hybridized carbons (Fsp3) is 0.250. The van der Waals surface area contributed by atoms with Crippen LogP contribution in [0.5, 0.6) is 0 Å². The van der Waals surface area contributed by atoms with Crippen molar-refractivity contribution in [3.8, 4) is 0 Å². The van der Waals surface area contributed by atoms with Crippen LogP contribution in [0, 0.1) is 5.82 Å². The number of hydrogen-bond donors (Lipinski definition) is 2. The lowest BCUT2D eigenvalue weighted by atomic mass is 10.2. The van der Waals surface area contributed by atoms with E-state index in [0.717, 1.165) is 25.7 Å². The van der Waals surface area contributed by atoms with Gasteiger partial charge in [0, 0.05) is 17.9 Å². The molecule has 3 aromatic rings. The second-order valence-corrected chi connectivity index (χ2v) is 6.66. The molecule has 2 amide bonds. The van der Waals surface area contributed by atoms with Crippen LogP contribution in [0.2, 0.25) is 0 Å². The highest BCUT2D eigenvalue weighted by atomic mass is 19.1. The molecular formula is C20H19FN4O2. The van der Waals surface area contributed by atoms with Gasteiger partial charge >= 0.3 is 0 Å². The van der Waals surface area contributed by atoms with Gasteiger partial charge in [0.1, 0.15) is 5.82 Å². The molecule has 0 bridgehead atoms. The topological polar surface area (TPSA) is 75.5 Å². The molecule has 27 heavy (non-hydrogen) atoms. The Balaban J connectivity index is 1.63. The van der Waals surface area contributed by atoms with E-state index in [0.29, 0.717) is 11.2 Å². The zero-order valence-electron chi connectivity index (χ0n) is 14.6. The highest BCUT2D eigenvalue weighted by Crippen LogP contribution is 2.20. The molecule has 7 heteroatoms. The normalized spacial score (nSPS) is 14.4. The first-order valence-electron chi connectivity index (χ1n) is 8.97. The third kappa shape index (κ3) is 3.53. The van der Waals surface area contributed by atoms with E-state index < -0.39 is 5.91 Å². The summed E-state index contributed by atoms with van der Waals surface area (Å²) in [7, 11) is 0. The number of nitrogens with zero attached hydrogens (tertiary/aromatic N) is 2. The predicted molar refractivity (Wildman–Crippen MR) is 99.3 cm³/mol. The van der Waals surface area contributed by atoms with Crippen LogP contribution < -0.4 is 10.6 Å². The quantitative estimate of drug-likeness (QED) is 0.743. The van der Waals surface area contributed by atoms with Crippen LogP contribution in [0.1, 0.15) is 46.8 Å². The number of benzene rings is 1. The number of pyridine rings is 1. The molecule has 6 nitrogen and oxygen atoms in total. The SMILES string of the molecule is O=C(Nc1ccc(F)cc1)c1nc(C(=O)NC2CCCC2)n2ccccc12. The van der Waals surface area contributed by atoms with Gasteiger partial charge in [-0.2, -0.15) is 0 Å². The molecule has 138 valence electrons. The van der Waals surface area contributed by atoms with E-state index in [-0.39, 0.29) is 29.3 Å². The highest BCUT2D eigenvalue weighted by molar-refractivity contribution is 6.08. The number of fused-ring (bicyclic) bond motifs is 1. The van der Waals surface area contributed by atoms with Crippen molar-refractivity contribution in [2.24, 2.45) is 0 Å². The number of carbonyl (C=O) groups excluding carboxylic acids is 2. The monoisotopic (exact) mass is 366 g/mol. The summed E-state index contributed by atoms with van der Waals surface area (Å²) < 4.78 is 14.7. The summed E-state index contributed by atoms with van der Waals surface area (Å²) in [6.07, 6.45) is 5.86. The van der Waals surface area contributed by atoms with Crippen LogP contribution >= 0.6 is 0 Å². The number of anilines is 1. The van der Waals surface area contributed by atoms with E-state index >= 15 is 0 Å². The van der Waals surface area contributed by atoms with Crippen molar-refractivity contribution in [3.63, 3.8) is 0 Å². The molecule has 0 atom stereocenters. The van der Waals surface area contributed by atoms with Crippen LogP contribution in [0.3, 0.4) is 0 Å². The molecule has 1 aromatic carbocycles. The van der Waals surface area contributed by atoms with Gasteiger partial charge in [0.05, 0.1) is 5.52 Å². The smallest absolute Gasteiger partial charge is 0.287 e. The van der Waals surface area contributed by atoms with E-state index in [2.05, 4.69) is 15.6 Å². The van der Waals surface area contributed by atoms with Gasteiger partial charge in [-0.25, -0.2) is 9.37 Å². The number of imidazole rings is 1. The van der Waals surface area contributed by atoms with Gasteiger partial charge in [-0.1, -0.05) is 18.9 Å². The lowest BCUT2D eigenvalue weighted by Crippen LogP contribution is -2.33. The maximum atomic E-state index is 13.0. The molecule has 0 unspecified atom stereocenters.